The highest BCUT2D eigenvalue weighted by molar-refractivity contribution is 6.33. The van der Waals surface area contributed by atoms with Gasteiger partial charge in [-0.1, -0.05) is 30.7 Å². The molecule has 2 bridgehead atoms. The maximum Gasteiger partial charge on any atom is 0.250 e. The highest BCUT2D eigenvalue weighted by Crippen LogP contribution is 2.58. The number of carbonyl (C=O) groups is 3. The molecule has 168 valence electrons. The lowest BCUT2D eigenvalue weighted by atomic mass is 9.70. The molecule has 0 radical (unpaired) electrons. The van der Waals surface area contributed by atoms with Crippen molar-refractivity contribution in [3.05, 3.63) is 29.3 Å². The van der Waals surface area contributed by atoms with Crippen LogP contribution in [0.2, 0.25) is 5.02 Å². The predicted molar refractivity (Wildman–Crippen MR) is 114 cm³/mol. The van der Waals surface area contributed by atoms with Crippen LogP contribution in [0.4, 0.5) is 5.69 Å². The van der Waals surface area contributed by atoms with Gasteiger partial charge in [-0.3, -0.25) is 14.4 Å². The highest BCUT2D eigenvalue weighted by atomic mass is 35.5. The van der Waals surface area contributed by atoms with Crippen LogP contribution in [0, 0.1) is 11.8 Å². The minimum atomic E-state index is -1.04. The standard InChI is InChI=1S/C22H28ClN3O5/c1-2-10-24-19(28)16-15-8-9-22(31-15)17(16)21(30)26(11-5-12-27)18(22)20(29)25-14-7-4-3-6-13(14)23/h3-4,6-7,15-18,27H,2,5,8-12H2,1H3,(H,24,28)(H,25,29)/t15-,16+,17-,18?,22?/m0/s1. The molecule has 0 saturated carbocycles. The van der Waals surface area contributed by atoms with Gasteiger partial charge >= 0.3 is 0 Å². The van der Waals surface area contributed by atoms with Crippen LogP contribution in [0.1, 0.15) is 32.6 Å². The fourth-order valence-corrected chi connectivity index (χ4v) is 5.55. The van der Waals surface area contributed by atoms with Gasteiger partial charge in [0.05, 0.1) is 28.6 Å². The minimum absolute atomic E-state index is 0.107. The lowest BCUT2D eigenvalue weighted by Crippen LogP contribution is -2.53. The molecule has 4 rings (SSSR count). The van der Waals surface area contributed by atoms with Gasteiger partial charge in [0.2, 0.25) is 17.7 Å². The van der Waals surface area contributed by atoms with Crippen molar-refractivity contribution in [3.8, 4) is 0 Å². The van der Waals surface area contributed by atoms with Gasteiger partial charge in [-0.25, -0.2) is 0 Å². The van der Waals surface area contributed by atoms with Crippen molar-refractivity contribution in [3.63, 3.8) is 0 Å². The van der Waals surface area contributed by atoms with Crippen LogP contribution in [0.15, 0.2) is 24.3 Å². The van der Waals surface area contributed by atoms with Crippen molar-refractivity contribution in [2.75, 3.05) is 25.0 Å². The number of carbonyl (C=O) groups excluding carboxylic acids is 3. The van der Waals surface area contributed by atoms with E-state index in [1.54, 1.807) is 24.3 Å². The van der Waals surface area contributed by atoms with Crippen molar-refractivity contribution < 1.29 is 24.2 Å². The monoisotopic (exact) mass is 449 g/mol. The van der Waals surface area contributed by atoms with E-state index < -0.39 is 29.4 Å². The molecular weight excluding hydrogens is 422 g/mol. The molecule has 9 heteroatoms. The zero-order valence-corrected chi connectivity index (χ0v) is 18.2. The number of nitrogens with zero attached hydrogens (tertiary/aromatic N) is 1. The average molecular weight is 450 g/mol. The van der Waals surface area contributed by atoms with E-state index in [4.69, 9.17) is 16.3 Å². The zero-order chi connectivity index (χ0) is 22.2. The molecule has 0 aromatic heterocycles. The number of hydrogen-bond donors (Lipinski definition) is 3. The van der Waals surface area contributed by atoms with Crippen molar-refractivity contribution in [1.82, 2.24) is 10.2 Å². The van der Waals surface area contributed by atoms with Gasteiger partial charge in [0.15, 0.2) is 0 Å². The van der Waals surface area contributed by atoms with Crippen molar-refractivity contribution in [2.45, 2.75) is 50.4 Å². The minimum Gasteiger partial charge on any atom is -0.396 e. The Morgan fingerprint density at radius 2 is 2.10 bits per heavy atom. The number of nitrogens with one attached hydrogen (secondary N) is 2. The second-order valence-corrected chi connectivity index (χ2v) is 8.83. The van der Waals surface area contributed by atoms with E-state index in [2.05, 4.69) is 10.6 Å². The molecule has 3 heterocycles. The fourth-order valence-electron chi connectivity index (χ4n) is 5.37. The Balaban J connectivity index is 1.66. The summed E-state index contributed by atoms with van der Waals surface area (Å²) < 4.78 is 6.30. The zero-order valence-electron chi connectivity index (χ0n) is 17.5. The maximum atomic E-state index is 13.5. The largest absolute Gasteiger partial charge is 0.396 e. The Hall–Kier alpha value is -2.16. The van der Waals surface area contributed by atoms with Crippen LogP contribution in [0.25, 0.3) is 0 Å². The van der Waals surface area contributed by atoms with Gasteiger partial charge in [-0.05, 0) is 37.8 Å². The lowest BCUT2D eigenvalue weighted by molar-refractivity contribution is -0.141. The van der Waals surface area contributed by atoms with Gasteiger partial charge in [0.1, 0.15) is 11.6 Å². The second kappa shape index (κ2) is 8.76. The van der Waals surface area contributed by atoms with E-state index in [1.807, 2.05) is 6.92 Å². The number of aliphatic hydroxyl groups excluding tert-OH is 1. The molecule has 1 spiro atoms. The van der Waals surface area contributed by atoms with Crippen LogP contribution in [0.3, 0.4) is 0 Å². The summed E-state index contributed by atoms with van der Waals surface area (Å²) in [5.74, 6) is -2.16. The Kier molecular flexibility index (Phi) is 6.23. The van der Waals surface area contributed by atoms with Crippen molar-refractivity contribution in [2.24, 2.45) is 11.8 Å². The molecule has 3 aliphatic heterocycles. The molecule has 2 unspecified atom stereocenters. The summed E-state index contributed by atoms with van der Waals surface area (Å²) in [7, 11) is 0. The summed E-state index contributed by atoms with van der Waals surface area (Å²) in [6.45, 7) is 2.60. The van der Waals surface area contributed by atoms with Crippen LogP contribution in [0.5, 0.6) is 0 Å². The smallest absolute Gasteiger partial charge is 0.250 e. The molecule has 3 saturated heterocycles. The van der Waals surface area contributed by atoms with Gasteiger partial charge in [0, 0.05) is 19.7 Å². The number of anilines is 1. The average Bonchev–Trinajstić information content (AvgIpc) is 3.39. The molecule has 31 heavy (non-hydrogen) atoms. The number of hydrogen-bond acceptors (Lipinski definition) is 5. The van der Waals surface area contributed by atoms with E-state index in [-0.39, 0.29) is 31.1 Å². The lowest BCUT2D eigenvalue weighted by Gasteiger charge is -2.33. The highest BCUT2D eigenvalue weighted by Gasteiger charge is 2.74. The van der Waals surface area contributed by atoms with E-state index in [0.717, 1.165) is 6.42 Å². The molecule has 3 aliphatic rings. The number of aliphatic hydroxyl groups is 1. The molecule has 3 amide bonds. The Labute approximate surface area is 186 Å². The Morgan fingerprint density at radius 1 is 1.32 bits per heavy atom. The third kappa shape index (κ3) is 3.60. The SMILES string of the molecule is CCCNC(=O)[C@@H]1[C@@H]2CCC3(O2)C(C(=O)Nc2ccccc2Cl)N(CCCO)C(=O)[C@H]13. The third-order valence-electron chi connectivity index (χ3n) is 6.59. The molecule has 8 nitrogen and oxygen atoms in total. The number of rotatable bonds is 8. The van der Waals surface area contributed by atoms with E-state index in [0.29, 0.717) is 36.5 Å². The molecule has 0 aliphatic carbocycles. The molecule has 1 aromatic carbocycles. The molecule has 3 N–H and O–H groups in total. The first-order valence-electron chi connectivity index (χ1n) is 10.9. The Bertz CT molecular complexity index is 880. The number of halogens is 1. The normalized spacial score (nSPS) is 31.1. The third-order valence-corrected chi connectivity index (χ3v) is 6.92. The number of fused-ring (bicyclic) bond motifs is 1. The van der Waals surface area contributed by atoms with Gasteiger partial charge < -0.3 is 25.4 Å². The summed E-state index contributed by atoms with van der Waals surface area (Å²) in [5.41, 5.74) is -0.593. The first-order chi connectivity index (χ1) is 14.9. The van der Waals surface area contributed by atoms with Crippen molar-refractivity contribution in [1.29, 1.82) is 0 Å². The second-order valence-electron chi connectivity index (χ2n) is 8.42. The number of ether oxygens (including phenoxy) is 1. The van der Waals surface area contributed by atoms with Crippen LogP contribution < -0.4 is 10.6 Å². The first kappa shape index (κ1) is 22.0. The number of likely N-dealkylation sites (tertiary alicyclic amines) is 1. The summed E-state index contributed by atoms with van der Waals surface area (Å²) in [4.78, 5) is 41.3. The maximum absolute atomic E-state index is 13.5. The van der Waals surface area contributed by atoms with Gasteiger partial charge in [0.25, 0.3) is 0 Å². The van der Waals surface area contributed by atoms with E-state index in [9.17, 15) is 19.5 Å². The topological polar surface area (TPSA) is 108 Å². The van der Waals surface area contributed by atoms with Gasteiger partial charge in [-0.15, -0.1) is 0 Å². The number of amides is 3. The molecule has 5 atom stereocenters. The fraction of sp³-hybridized carbons (Fsp3) is 0.591. The Morgan fingerprint density at radius 3 is 2.81 bits per heavy atom. The predicted octanol–water partition coefficient (Wildman–Crippen LogP) is 1.56. The summed E-state index contributed by atoms with van der Waals surface area (Å²) in [6, 6.07) is 6.01. The molecule has 1 aromatic rings. The van der Waals surface area contributed by atoms with Crippen LogP contribution in [-0.4, -0.2) is 65.2 Å². The van der Waals surface area contributed by atoms with Crippen LogP contribution in [-0.2, 0) is 19.1 Å². The van der Waals surface area contributed by atoms with E-state index in [1.165, 1.54) is 4.90 Å². The summed E-state index contributed by atoms with van der Waals surface area (Å²) in [5, 5.41) is 15.5. The molecular formula is C22H28ClN3O5. The quantitative estimate of drug-likeness (QED) is 0.558. The molecule has 3 fully saturated rings. The van der Waals surface area contributed by atoms with Gasteiger partial charge in [-0.2, -0.15) is 0 Å². The summed E-state index contributed by atoms with van der Waals surface area (Å²) in [6.07, 6.45) is 1.90. The van der Waals surface area contributed by atoms with Crippen molar-refractivity contribution >= 4 is 35.0 Å². The van der Waals surface area contributed by atoms with Crippen LogP contribution >= 0.6 is 11.6 Å². The number of benzene rings is 1. The van der Waals surface area contributed by atoms with E-state index >= 15 is 0 Å². The first-order valence-corrected chi connectivity index (χ1v) is 11.2. The summed E-state index contributed by atoms with van der Waals surface area (Å²) >= 11 is 6.21. The number of para-hydroxylation sites is 1.